The highest BCUT2D eigenvalue weighted by Crippen LogP contribution is 2.12. The van der Waals surface area contributed by atoms with E-state index in [1.807, 2.05) is 28.8 Å². The first-order valence-corrected chi connectivity index (χ1v) is 6.95. The minimum Gasteiger partial charge on any atom is -0.354 e. The van der Waals surface area contributed by atoms with Crippen molar-refractivity contribution >= 4 is 5.65 Å². The van der Waals surface area contributed by atoms with Crippen LogP contribution in [0, 0.1) is 0 Å². The zero-order chi connectivity index (χ0) is 13.9. The van der Waals surface area contributed by atoms with E-state index in [0.29, 0.717) is 0 Å². The molecule has 0 radical (unpaired) electrons. The summed E-state index contributed by atoms with van der Waals surface area (Å²) in [6.07, 6.45) is 6.27. The maximum absolute atomic E-state index is 4.27. The second-order valence-corrected chi connectivity index (χ2v) is 4.94. The lowest BCUT2D eigenvalue weighted by Gasteiger charge is -2.11. The van der Waals surface area contributed by atoms with Crippen molar-refractivity contribution in [1.29, 1.82) is 0 Å². The summed E-state index contributed by atoms with van der Waals surface area (Å²) in [4.78, 5) is 0. The molecule has 0 spiro atoms. The highest BCUT2D eigenvalue weighted by atomic mass is 15.3. The maximum Gasteiger partial charge on any atom is 0.160 e. The first kappa shape index (κ1) is 12.9. The molecule has 20 heavy (non-hydrogen) atoms. The SMILES string of the molecule is CCn1ccc(CNC(C)c2nnc3ccccn23)c1. The van der Waals surface area contributed by atoms with Crippen molar-refractivity contribution in [3.05, 3.63) is 54.2 Å². The van der Waals surface area contributed by atoms with Gasteiger partial charge in [0, 0.05) is 31.7 Å². The number of aryl methyl sites for hydroxylation is 1. The van der Waals surface area contributed by atoms with Gasteiger partial charge in [-0.15, -0.1) is 10.2 Å². The van der Waals surface area contributed by atoms with Crippen LogP contribution in [0.2, 0.25) is 0 Å². The van der Waals surface area contributed by atoms with Crippen LogP contribution < -0.4 is 5.32 Å². The van der Waals surface area contributed by atoms with Gasteiger partial charge < -0.3 is 9.88 Å². The van der Waals surface area contributed by atoms with Crippen molar-refractivity contribution in [2.45, 2.75) is 33.0 Å². The summed E-state index contributed by atoms with van der Waals surface area (Å²) in [6.45, 7) is 6.09. The van der Waals surface area contributed by atoms with Crippen LogP contribution in [0.25, 0.3) is 5.65 Å². The molecule has 0 aliphatic carbocycles. The van der Waals surface area contributed by atoms with Crippen LogP contribution in [0.4, 0.5) is 0 Å². The van der Waals surface area contributed by atoms with E-state index in [-0.39, 0.29) is 6.04 Å². The van der Waals surface area contributed by atoms with Crippen LogP contribution in [0.5, 0.6) is 0 Å². The highest BCUT2D eigenvalue weighted by Gasteiger charge is 2.12. The molecule has 1 atom stereocenters. The molecule has 0 aliphatic heterocycles. The normalized spacial score (nSPS) is 12.9. The van der Waals surface area contributed by atoms with Crippen LogP contribution in [-0.4, -0.2) is 19.2 Å². The Labute approximate surface area is 118 Å². The van der Waals surface area contributed by atoms with Gasteiger partial charge in [0.1, 0.15) is 0 Å². The molecule has 0 saturated carbocycles. The lowest BCUT2D eigenvalue weighted by Crippen LogP contribution is -2.20. The molecule has 3 rings (SSSR count). The minimum atomic E-state index is 0.150. The molecule has 5 nitrogen and oxygen atoms in total. The van der Waals surface area contributed by atoms with E-state index in [9.17, 15) is 0 Å². The fourth-order valence-corrected chi connectivity index (χ4v) is 2.31. The molecule has 0 bridgehead atoms. The maximum atomic E-state index is 4.27. The topological polar surface area (TPSA) is 47.2 Å². The van der Waals surface area contributed by atoms with Gasteiger partial charge in [-0.25, -0.2) is 0 Å². The summed E-state index contributed by atoms with van der Waals surface area (Å²) < 4.78 is 4.20. The van der Waals surface area contributed by atoms with E-state index in [2.05, 4.69) is 52.4 Å². The molecule has 0 saturated heterocycles. The van der Waals surface area contributed by atoms with Gasteiger partial charge in [0.15, 0.2) is 11.5 Å². The molecule has 3 aromatic rings. The Balaban J connectivity index is 1.71. The van der Waals surface area contributed by atoms with E-state index in [1.165, 1.54) is 5.56 Å². The lowest BCUT2D eigenvalue weighted by atomic mass is 10.2. The molecule has 104 valence electrons. The molecule has 0 amide bonds. The Morgan fingerprint density at radius 3 is 2.90 bits per heavy atom. The molecular weight excluding hydrogens is 250 g/mol. The van der Waals surface area contributed by atoms with Crippen molar-refractivity contribution in [2.75, 3.05) is 0 Å². The smallest absolute Gasteiger partial charge is 0.160 e. The lowest BCUT2D eigenvalue weighted by molar-refractivity contribution is 0.541. The van der Waals surface area contributed by atoms with Crippen LogP contribution in [-0.2, 0) is 13.1 Å². The number of rotatable bonds is 5. The van der Waals surface area contributed by atoms with Gasteiger partial charge in [-0.1, -0.05) is 6.07 Å². The first-order valence-electron chi connectivity index (χ1n) is 6.95. The van der Waals surface area contributed by atoms with E-state index in [4.69, 9.17) is 0 Å². The van der Waals surface area contributed by atoms with Gasteiger partial charge in [0.25, 0.3) is 0 Å². The largest absolute Gasteiger partial charge is 0.354 e. The average molecular weight is 269 g/mol. The predicted molar refractivity (Wildman–Crippen MR) is 78.3 cm³/mol. The standard InChI is InChI=1S/C15H19N5/c1-3-19-9-7-13(11-19)10-16-12(2)15-18-17-14-6-4-5-8-20(14)15/h4-9,11-12,16H,3,10H2,1-2H3. The minimum absolute atomic E-state index is 0.150. The van der Waals surface area contributed by atoms with Crippen molar-refractivity contribution in [2.24, 2.45) is 0 Å². The van der Waals surface area contributed by atoms with Crippen LogP contribution in [0.3, 0.4) is 0 Å². The number of aromatic nitrogens is 4. The molecule has 1 unspecified atom stereocenters. The molecule has 3 heterocycles. The molecule has 0 aromatic carbocycles. The molecule has 1 N–H and O–H groups in total. The second-order valence-electron chi connectivity index (χ2n) is 4.94. The van der Waals surface area contributed by atoms with Crippen molar-refractivity contribution in [1.82, 2.24) is 24.5 Å². The molecular formula is C15H19N5. The van der Waals surface area contributed by atoms with Crippen LogP contribution in [0.15, 0.2) is 42.9 Å². The van der Waals surface area contributed by atoms with Crippen molar-refractivity contribution < 1.29 is 0 Å². The van der Waals surface area contributed by atoms with Gasteiger partial charge in [-0.05, 0) is 37.6 Å². The van der Waals surface area contributed by atoms with Crippen molar-refractivity contribution in [3.8, 4) is 0 Å². The Morgan fingerprint density at radius 2 is 2.10 bits per heavy atom. The van der Waals surface area contributed by atoms with Gasteiger partial charge in [0.05, 0.1) is 6.04 Å². The molecule has 5 heteroatoms. The Morgan fingerprint density at radius 1 is 1.20 bits per heavy atom. The molecule has 0 aliphatic rings. The van der Waals surface area contributed by atoms with Crippen molar-refractivity contribution in [3.63, 3.8) is 0 Å². The fraction of sp³-hybridized carbons (Fsp3) is 0.333. The van der Waals surface area contributed by atoms with E-state index in [1.54, 1.807) is 0 Å². The summed E-state index contributed by atoms with van der Waals surface area (Å²) in [7, 11) is 0. The summed E-state index contributed by atoms with van der Waals surface area (Å²) in [5, 5.41) is 11.9. The Hall–Kier alpha value is -2.14. The third kappa shape index (κ3) is 2.44. The summed E-state index contributed by atoms with van der Waals surface area (Å²) in [5.74, 6) is 0.940. The van der Waals surface area contributed by atoms with E-state index >= 15 is 0 Å². The van der Waals surface area contributed by atoms with Crippen LogP contribution in [0.1, 0.15) is 31.3 Å². The zero-order valence-electron chi connectivity index (χ0n) is 11.8. The summed E-state index contributed by atoms with van der Waals surface area (Å²) in [5.41, 5.74) is 2.17. The van der Waals surface area contributed by atoms with E-state index in [0.717, 1.165) is 24.6 Å². The number of pyridine rings is 1. The number of nitrogens with one attached hydrogen (secondary N) is 1. The quantitative estimate of drug-likeness (QED) is 0.773. The number of nitrogens with zero attached hydrogens (tertiary/aromatic N) is 4. The van der Waals surface area contributed by atoms with Gasteiger partial charge >= 0.3 is 0 Å². The average Bonchev–Trinajstić information content (AvgIpc) is 3.11. The summed E-state index contributed by atoms with van der Waals surface area (Å²) in [6, 6.07) is 8.22. The van der Waals surface area contributed by atoms with Gasteiger partial charge in [0.2, 0.25) is 0 Å². The number of hydrogen-bond donors (Lipinski definition) is 1. The third-order valence-corrected chi connectivity index (χ3v) is 3.52. The number of hydrogen-bond acceptors (Lipinski definition) is 3. The van der Waals surface area contributed by atoms with Gasteiger partial charge in [-0.3, -0.25) is 4.40 Å². The highest BCUT2D eigenvalue weighted by molar-refractivity contribution is 5.37. The predicted octanol–water partition coefficient (Wildman–Crippen LogP) is 2.40. The van der Waals surface area contributed by atoms with E-state index < -0.39 is 0 Å². The van der Waals surface area contributed by atoms with Crippen LogP contribution >= 0.6 is 0 Å². The zero-order valence-corrected chi connectivity index (χ0v) is 11.8. The molecule has 0 fully saturated rings. The second kappa shape index (κ2) is 5.46. The fourth-order valence-electron chi connectivity index (χ4n) is 2.31. The Bertz CT molecular complexity index is 697. The third-order valence-electron chi connectivity index (χ3n) is 3.52. The Kier molecular flexibility index (Phi) is 3.52. The first-order chi connectivity index (χ1) is 9.78. The monoisotopic (exact) mass is 269 g/mol. The molecule has 3 aromatic heterocycles. The number of fused-ring (bicyclic) bond motifs is 1. The van der Waals surface area contributed by atoms with Gasteiger partial charge in [-0.2, -0.15) is 0 Å². The summed E-state index contributed by atoms with van der Waals surface area (Å²) >= 11 is 0.